The Morgan fingerprint density at radius 2 is 1.62 bits per heavy atom. The lowest BCUT2D eigenvalue weighted by Crippen LogP contribution is -2.50. The number of hydrogen-bond donors (Lipinski definition) is 0. The van der Waals surface area contributed by atoms with Crippen LogP contribution < -0.4 is 4.90 Å². The van der Waals surface area contributed by atoms with Gasteiger partial charge in [-0.05, 0) is 49.6 Å². The summed E-state index contributed by atoms with van der Waals surface area (Å²) in [4.78, 5) is 4.86. The first kappa shape index (κ1) is 20.7. The van der Waals surface area contributed by atoms with Gasteiger partial charge >= 0.3 is 0 Å². The van der Waals surface area contributed by atoms with Gasteiger partial charge in [-0.1, -0.05) is 12.1 Å². The quantitative estimate of drug-likeness (QED) is 0.603. The van der Waals surface area contributed by atoms with E-state index >= 15 is 0 Å². The molecular weight excluding hydrogens is 408 g/mol. The molecular formula is C25H25F2N5. The highest BCUT2D eigenvalue weighted by molar-refractivity contribution is 5.60. The lowest BCUT2D eigenvalue weighted by Gasteiger charge is -2.39. The molecule has 7 heteroatoms. The van der Waals surface area contributed by atoms with E-state index in [2.05, 4.69) is 21.0 Å². The second-order valence-electron chi connectivity index (χ2n) is 8.61. The van der Waals surface area contributed by atoms with Crippen molar-refractivity contribution in [3.05, 3.63) is 71.9 Å². The average molecular weight is 434 g/mol. The Morgan fingerprint density at radius 1 is 0.906 bits per heavy atom. The molecule has 2 aromatic carbocycles. The number of rotatable bonds is 4. The van der Waals surface area contributed by atoms with Crippen LogP contribution in [0.3, 0.4) is 0 Å². The molecule has 32 heavy (non-hydrogen) atoms. The monoisotopic (exact) mass is 433 g/mol. The van der Waals surface area contributed by atoms with E-state index < -0.39 is 11.6 Å². The molecule has 1 aromatic heterocycles. The summed E-state index contributed by atoms with van der Waals surface area (Å²) in [5.41, 5.74) is 2.81. The van der Waals surface area contributed by atoms with Gasteiger partial charge in [0.05, 0.1) is 23.0 Å². The number of halogens is 2. The summed E-state index contributed by atoms with van der Waals surface area (Å²) in [6, 6.07) is 16.2. The standard InChI is InChI=1S/C25H25F2N5/c26-20-13-19(14-21(27)15-20)24-7-8-32(29-24)23-6-5-22(16-23)30-9-11-31(12-10-30)25-4-2-1-3-18(25)17-28/h1-4,7-8,13-15,22-23H,5-6,9-12,16H2/t22-,23-/m0/s1. The van der Waals surface area contributed by atoms with Gasteiger partial charge in [-0.3, -0.25) is 9.58 Å². The van der Waals surface area contributed by atoms with Crippen LogP contribution in [0.4, 0.5) is 14.5 Å². The molecule has 3 aromatic rings. The summed E-state index contributed by atoms with van der Waals surface area (Å²) < 4.78 is 29.1. The zero-order valence-electron chi connectivity index (χ0n) is 17.8. The summed E-state index contributed by atoms with van der Waals surface area (Å²) in [5, 5.41) is 14.0. The molecule has 1 aliphatic carbocycles. The lowest BCUT2D eigenvalue weighted by atomic mass is 10.1. The largest absolute Gasteiger partial charge is 0.368 e. The number of piperazine rings is 1. The fourth-order valence-corrected chi connectivity index (χ4v) is 5.08. The molecule has 0 radical (unpaired) electrons. The zero-order chi connectivity index (χ0) is 22.1. The fourth-order valence-electron chi connectivity index (χ4n) is 5.08. The molecule has 2 aliphatic rings. The average Bonchev–Trinajstić information content (AvgIpc) is 3.48. The van der Waals surface area contributed by atoms with Crippen molar-refractivity contribution in [2.75, 3.05) is 31.1 Å². The van der Waals surface area contributed by atoms with Crippen molar-refractivity contribution in [2.45, 2.75) is 31.3 Å². The van der Waals surface area contributed by atoms with E-state index in [1.165, 1.54) is 12.1 Å². The molecule has 5 rings (SSSR count). The van der Waals surface area contributed by atoms with E-state index in [9.17, 15) is 14.0 Å². The molecule has 1 aliphatic heterocycles. The normalized spacial score (nSPS) is 21.6. The summed E-state index contributed by atoms with van der Waals surface area (Å²) in [5.74, 6) is -1.18. The van der Waals surface area contributed by atoms with Gasteiger partial charge in [-0.25, -0.2) is 8.78 Å². The van der Waals surface area contributed by atoms with Crippen molar-refractivity contribution < 1.29 is 8.78 Å². The summed E-state index contributed by atoms with van der Waals surface area (Å²) >= 11 is 0. The van der Waals surface area contributed by atoms with E-state index in [1.807, 2.05) is 41.2 Å². The number of benzene rings is 2. The van der Waals surface area contributed by atoms with Crippen molar-refractivity contribution in [3.8, 4) is 17.3 Å². The first-order chi connectivity index (χ1) is 15.6. The highest BCUT2D eigenvalue weighted by Gasteiger charge is 2.32. The van der Waals surface area contributed by atoms with Crippen LogP contribution in [-0.2, 0) is 0 Å². The Labute approximate surface area is 186 Å². The third-order valence-corrected chi connectivity index (χ3v) is 6.71. The number of aromatic nitrogens is 2. The van der Waals surface area contributed by atoms with Crippen LogP contribution >= 0.6 is 0 Å². The lowest BCUT2D eigenvalue weighted by molar-refractivity contribution is 0.183. The van der Waals surface area contributed by atoms with Crippen molar-refractivity contribution >= 4 is 5.69 Å². The van der Waals surface area contributed by atoms with Crippen LogP contribution in [0.2, 0.25) is 0 Å². The molecule has 2 fully saturated rings. The smallest absolute Gasteiger partial charge is 0.126 e. The molecule has 164 valence electrons. The van der Waals surface area contributed by atoms with Gasteiger partial charge in [0.2, 0.25) is 0 Å². The summed E-state index contributed by atoms with van der Waals surface area (Å²) in [6.07, 6.45) is 5.10. The van der Waals surface area contributed by atoms with Crippen LogP contribution in [0.1, 0.15) is 30.9 Å². The second kappa shape index (κ2) is 8.71. The molecule has 0 spiro atoms. The van der Waals surface area contributed by atoms with Gasteiger partial charge in [0, 0.05) is 50.0 Å². The van der Waals surface area contributed by atoms with Gasteiger partial charge in [-0.15, -0.1) is 0 Å². The number of hydrogen-bond acceptors (Lipinski definition) is 4. The van der Waals surface area contributed by atoms with Crippen LogP contribution in [0.15, 0.2) is 54.7 Å². The van der Waals surface area contributed by atoms with Crippen LogP contribution in [0.25, 0.3) is 11.3 Å². The Bertz CT molecular complexity index is 1120. The minimum Gasteiger partial charge on any atom is -0.368 e. The van der Waals surface area contributed by atoms with Crippen LogP contribution in [0, 0.1) is 23.0 Å². The molecule has 0 N–H and O–H groups in total. The maximum Gasteiger partial charge on any atom is 0.126 e. The maximum absolute atomic E-state index is 13.6. The van der Waals surface area contributed by atoms with Gasteiger partial charge in [0.15, 0.2) is 0 Å². The maximum atomic E-state index is 13.6. The third-order valence-electron chi connectivity index (χ3n) is 6.71. The van der Waals surface area contributed by atoms with Gasteiger partial charge in [0.25, 0.3) is 0 Å². The van der Waals surface area contributed by atoms with Crippen molar-refractivity contribution in [3.63, 3.8) is 0 Å². The van der Waals surface area contributed by atoms with Crippen molar-refractivity contribution in [1.29, 1.82) is 5.26 Å². The molecule has 0 amide bonds. The highest BCUT2D eigenvalue weighted by atomic mass is 19.1. The van der Waals surface area contributed by atoms with E-state index in [0.717, 1.165) is 62.8 Å². The van der Waals surface area contributed by atoms with Gasteiger partial charge in [-0.2, -0.15) is 10.4 Å². The molecule has 5 nitrogen and oxygen atoms in total. The molecule has 1 saturated carbocycles. The Hall–Kier alpha value is -3.24. The molecule has 2 heterocycles. The number of para-hydroxylation sites is 1. The first-order valence-corrected chi connectivity index (χ1v) is 11.1. The Morgan fingerprint density at radius 3 is 2.38 bits per heavy atom. The van der Waals surface area contributed by atoms with Crippen LogP contribution in [0.5, 0.6) is 0 Å². The highest BCUT2D eigenvalue weighted by Crippen LogP contribution is 2.34. The van der Waals surface area contributed by atoms with E-state index in [0.29, 0.717) is 23.3 Å². The summed E-state index contributed by atoms with van der Waals surface area (Å²) in [7, 11) is 0. The molecule has 2 atom stereocenters. The fraction of sp³-hybridized carbons (Fsp3) is 0.360. The Balaban J connectivity index is 1.21. The topological polar surface area (TPSA) is 48.1 Å². The van der Waals surface area contributed by atoms with Crippen LogP contribution in [-0.4, -0.2) is 46.9 Å². The van der Waals surface area contributed by atoms with Gasteiger partial charge < -0.3 is 4.90 Å². The molecule has 0 unspecified atom stereocenters. The minimum atomic E-state index is -0.591. The SMILES string of the molecule is N#Cc1ccccc1N1CCN([C@H]2CC[C@H](n3ccc(-c4cc(F)cc(F)c4)n3)C2)CC1. The number of nitriles is 1. The second-order valence-corrected chi connectivity index (χ2v) is 8.61. The number of nitrogens with zero attached hydrogens (tertiary/aromatic N) is 5. The molecule has 1 saturated heterocycles. The number of anilines is 1. The zero-order valence-corrected chi connectivity index (χ0v) is 17.8. The van der Waals surface area contributed by atoms with Crippen molar-refractivity contribution in [2.24, 2.45) is 0 Å². The first-order valence-electron chi connectivity index (χ1n) is 11.1. The minimum absolute atomic E-state index is 0.296. The third kappa shape index (κ3) is 4.11. The van der Waals surface area contributed by atoms with E-state index in [-0.39, 0.29) is 0 Å². The van der Waals surface area contributed by atoms with Gasteiger partial charge in [0.1, 0.15) is 17.7 Å². The summed E-state index contributed by atoms with van der Waals surface area (Å²) in [6.45, 7) is 3.78. The van der Waals surface area contributed by atoms with Crippen molar-refractivity contribution in [1.82, 2.24) is 14.7 Å². The van der Waals surface area contributed by atoms with E-state index in [1.54, 1.807) is 0 Å². The predicted octanol–water partition coefficient (Wildman–Crippen LogP) is 4.62. The molecule has 0 bridgehead atoms. The Kier molecular flexibility index (Phi) is 5.62. The van der Waals surface area contributed by atoms with E-state index in [4.69, 9.17) is 0 Å². The predicted molar refractivity (Wildman–Crippen MR) is 119 cm³/mol.